The fourth-order valence-electron chi connectivity index (χ4n) is 2.47. The van der Waals surface area contributed by atoms with Crippen LogP contribution in [-0.2, 0) is 0 Å². The molecule has 112 valence electrons. The average molecular weight is 304 g/mol. The SMILES string of the molecule is O=c1c2[nH]c3ccccc3c2ncn1/N=C/c1ccc(O)cc1. The molecular weight excluding hydrogens is 292 g/mol. The molecule has 0 unspecified atom stereocenters. The Morgan fingerprint density at radius 2 is 1.91 bits per heavy atom. The number of para-hydroxylation sites is 1. The van der Waals surface area contributed by atoms with Crippen molar-refractivity contribution in [1.82, 2.24) is 14.6 Å². The van der Waals surface area contributed by atoms with Crippen LogP contribution in [0.15, 0.2) is 64.8 Å². The van der Waals surface area contributed by atoms with E-state index in [1.165, 1.54) is 17.2 Å². The van der Waals surface area contributed by atoms with Gasteiger partial charge in [-0.2, -0.15) is 9.78 Å². The molecule has 0 aliphatic heterocycles. The first kappa shape index (κ1) is 13.3. The number of aromatic nitrogens is 3. The number of nitrogens with zero attached hydrogens (tertiary/aromatic N) is 3. The standard InChI is InChI=1S/C17H12N4O2/c22-12-7-5-11(6-8-12)9-19-21-10-18-15-13-3-1-2-4-14(13)20-16(15)17(21)23/h1-10,20,22H/b19-9+. The van der Waals surface area contributed by atoms with Crippen LogP contribution in [0.3, 0.4) is 0 Å². The van der Waals surface area contributed by atoms with Gasteiger partial charge in [0.1, 0.15) is 23.1 Å². The van der Waals surface area contributed by atoms with Crippen LogP contribution in [0.1, 0.15) is 5.56 Å². The highest BCUT2D eigenvalue weighted by Crippen LogP contribution is 2.20. The van der Waals surface area contributed by atoms with E-state index in [2.05, 4.69) is 15.1 Å². The number of aromatic amines is 1. The molecule has 0 saturated carbocycles. The van der Waals surface area contributed by atoms with Crippen molar-refractivity contribution in [2.24, 2.45) is 5.10 Å². The Kier molecular flexibility index (Phi) is 2.94. The van der Waals surface area contributed by atoms with E-state index in [9.17, 15) is 9.90 Å². The molecule has 0 amide bonds. The van der Waals surface area contributed by atoms with Gasteiger partial charge in [-0.15, -0.1) is 0 Å². The van der Waals surface area contributed by atoms with E-state index in [0.717, 1.165) is 16.5 Å². The minimum absolute atomic E-state index is 0.181. The summed E-state index contributed by atoms with van der Waals surface area (Å²) in [7, 11) is 0. The molecule has 2 aromatic carbocycles. The van der Waals surface area contributed by atoms with Gasteiger partial charge in [0, 0.05) is 10.9 Å². The van der Waals surface area contributed by atoms with Crippen LogP contribution in [-0.4, -0.2) is 26.0 Å². The van der Waals surface area contributed by atoms with Crippen molar-refractivity contribution in [3.05, 3.63) is 70.8 Å². The fraction of sp³-hybridized carbons (Fsp3) is 0. The number of phenols is 1. The molecule has 23 heavy (non-hydrogen) atoms. The molecular formula is C17H12N4O2. The van der Waals surface area contributed by atoms with Crippen LogP contribution in [0.5, 0.6) is 5.75 Å². The topological polar surface area (TPSA) is 83.3 Å². The van der Waals surface area contributed by atoms with Crippen molar-refractivity contribution in [3.63, 3.8) is 0 Å². The third kappa shape index (κ3) is 2.26. The van der Waals surface area contributed by atoms with Gasteiger partial charge in [0.05, 0.1) is 6.21 Å². The third-order valence-electron chi connectivity index (χ3n) is 3.62. The molecule has 0 fully saturated rings. The number of phenolic OH excluding ortho intramolecular Hbond substituents is 1. The molecule has 6 nitrogen and oxygen atoms in total. The van der Waals surface area contributed by atoms with Gasteiger partial charge in [0.2, 0.25) is 0 Å². The molecule has 6 heteroatoms. The molecule has 4 aromatic rings. The van der Waals surface area contributed by atoms with Crippen molar-refractivity contribution < 1.29 is 5.11 Å². The Hall–Kier alpha value is -3.41. The first-order chi connectivity index (χ1) is 11.2. The van der Waals surface area contributed by atoms with Crippen molar-refractivity contribution in [1.29, 1.82) is 0 Å². The lowest BCUT2D eigenvalue weighted by molar-refractivity contribution is 0.475. The number of hydrogen-bond donors (Lipinski definition) is 2. The Labute approximate surface area is 130 Å². The molecule has 0 radical (unpaired) electrons. The van der Waals surface area contributed by atoms with Crippen molar-refractivity contribution >= 4 is 28.2 Å². The molecule has 2 aromatic heterocycles. The minimum Gasteiger partial charge on any atom is -0.508 e. The summed E-state index contributed by atoms with van der Waals surface area (Å²) in [5.74, 6) is 0.181. The predicted octanol–water partition coefficient (Wildman–Crippen LogP) is 2.47. The van der Waals surface area contributed by atoms with Crippen LogP contribution < -0.4 is 5.56 Å². The summed E-state index contributed by atoms with van der Waals surface area (Å²) in [6.07, 6.45) is 2.94. The molecule has 0 aliphatic rings. The highest BCUT2D eigenvalue weighted by molar-refractivity contribution is 6.04. The summed E-state index contributed by atoms with van der Waals surface area (Å²) in [6.45, 7) is 0. The Balaban J connectivity index is 1.82. The molecule has 0 atom stereocenters. The van der Waals surface area contributed by atoms with Crippen molar-refractivity contribution in [3.8, 4) is 5.75 Å². The van der Waals surface area contributed by atoms with E-state index in [0.29, 0.717) is 11.0 Å². The van der Waals surface area contributed by atoms with Gasteiger partial charge in [-0.1, -0.05) is 18.2 Å². The molecule has 0 spiro atoms. The van der Waals surface area contributed by atoms with E-state index in [1.807, 2.05) is 24.3 Å². The smallest absolute Gasteiger partial charge is 0.298 e. The zero-order valence-corrected chi connectivity index (χ0v) is 12.0. The summed E-state index contributed by atoms with van der Waals surface area (Å²) in [4.78, 5) is 19.9. The summed E-state index contributed by atoms with van der Waals surface area (Å²) in [5, 5.41) is 14.3. The molecule has 2 heterocycles. The van der Waals surface area contributed by atoms with Crippen LogP contribution in [0, 0.1) is 0 Å². The first-order valence-electron chi connectivity index (χ1n) is 7.04. The van der Waals surface area contributed by atoms with Gasteiger partial charge in [-0.05, 0) is 35.9 Å². The molecule has 0 bridgehead atoms. The number of hydrogen-bond acceptors (Lipinski definition) is 4. The van der Waals surface area contributed by atoms with E-state index in [1.54, 1.807) is 24.3 Å². The Morgan fingerprint density at radius 1 is 1.13 bits per heavy atom. The lowest BCUT2D eigenvalue weighted by Crippen LogP contribution is -2.17. The molecule has 0 saturated heterocycles. The van der Waals surface area contributed by atoms with E-state index in [-0.39, 0.29) is 11.3 Å². The summed E-state index contributed by atoms with van der Waals surface area (Å²) < 4.78 is 1.19. The lowest BCUT2D eigenvalue weighted by atomic mass is 10.2. The van der Waals surface area contributed by atoms with E-state index in [4.69, 9.17) is 0 Å². The zero-order valence-electron chi connectivity index (χ0n) is 12.0. The second-order valence-corrected chi connectivity index (χ2v) is 5.12. The predicted molar refractivity (Wildman–Crippen MR) is 89.0 cm³/mol. The second kappa shape index (κ2) is 5.10. The average Bonchev–Trinajstić information content (AvgIpc) is 2.95. The third-order valence-corrected chi connectivity index (χ3v) is 3.62. The maximum atomic E-state index is 12.5. The lowest BCUT2D eigenvalue weighted by Gasteiger charge is -1.98. The number of nitrogens with one attached hydrogen (secondary N) is 1. The number of H-pyrrole nitrogens is 1. The highest BCUT2D eigenvalue weighted by atomic mass is 16.3. The molecule has 0 aliphatic carbocycles. The van der Waals surface area contributed by atoms with Gasteiger partial charge in [-0.25, -0.2) is 4.98 Å². The maximum absolute atomic E-state index is 12.5. The van der Waals surface area contributed by atoms with E-state index >= 15 is 0 Å². The van der Waals surface area contributed by atoms with Gasteiger partial charge in [0.15, 0.2) is 0 Å². The fourth-order valence-corrected chi connectivity index (χ4v) is 2.47. The Morgan fingerprint density at radius 3 is 2.74 bits per heavy atom. The normalized spacial score (nSPS) is 11.7. The van der Waals surface area contributed by atoms with Crippen LogP contribution in [0.25, 0.3) is 21.9 Å². The van der Waals surface area contributed by atoms with Crippen LogP contribution >= 0.6 is 0 Å². The number of aromatic hydroxyl groups is 1. The summed E-state index contributed by atoms with van der Waals surface area (Å²) in [5.41, 5.74) is 2.44. The summed E-state index contributed by atoms with van der Waals surface area (Å²) >= 11 is 0. The number of benzene rings is 2. The van der Waals surface area contributed by atoms with Crippen LogP contribution in [0.2, 0.25) is 0 Å². The van der Waals surface area contributed by atoms with E-state index < -0.39 is 0 Å². The van der Waals surface area contributed by atoms with Crippen molar-refractivity contribution in [2.45, 2.75) is 0 Å². The first-order valence-corrected chi connectivity index (χ1v) is 7.04. The summed E-state index contributed by atoms with van der Waals surface area (Å²) in [6, 6.07) is 14.2. The number of fused-ring (bicyclic) bond motifs is 3. The molecule has 2 N–H and O–H groups in total. The van der Waals surface area contributed by atoms with Gasteiger partial charge >= 0.3 is 0 Å². The minimum atomic E-state index is -0.263. The molecule has 4 rings (SSSR count). The van der Waals surface area contributed by atoms with Crippen molar-refractivity contribution in [2.75, 3.05) is 0 Å². The maximum Gasteiger partial charge on any atom is 0.298 e. The van der Waals surface area contributed by atoms with Gasteiger partial charge in [0.25, 0.3) is 5.56 Å². The number of rotatable bonds is 2. The monoisotopic (exact) mass is 304 g/mol. The van der Waals surface area contributed by atoms with Gasteiger partial charge in [-0.3, -0.25) is 4.79 Å². The largest absolute Gasteiger partial charge is 0.508 e. The Bertz CT molecular complexity index is 1090. The highest BCUT2D eigenvalue weighted by Gasteiger charge is 2.09. The van der Waals surface area contributed by atoms with Crippen LogP contribution in [0.4, 0.5) is 0 Å². The van der Waals surface area contributed by atoms with Gasteiger partial charge < -0.3 is 10.1 Å². The second-order valence-electron chi connectivity index (χ2n) is 5.12. The quantitative estimate of drug-likeness (QED) is 0.558. The zero-order chi connectivity index (χ0) is 15.8.